The van der Waals surface area contributed by atoms with Gasteiger partial charge in [-0.3, -0.25) is 0 Å². The molecule has 1 radical (unpaired) electrons. The van der Waals surface area contributed by atoms with Crippen LogP contribution in [0.25, 0.3) is 5.73 Å². The van der Waals surface area contributed by atoms with Crippen LogP contribution in [0, 0.1) is 12.8 Å². The molecule has 1 fully saturated rings. The Balaban J connectivity index is 0. The normalized spacial score (nSPS) is 18.4. The monoisotopic (exact) mass is 525 g/mol. The van der Waals surface area contributed by atoms with Crippen molar-refractivity contribution in [2.45, 2.75) is 78.7 Å². The van der Waals surface area contributed by atoms with E-state index >= 15 is 0 Å². The Labute approximate surface area is 229 Å². The zero-order valence-corrected chi connectivity index (χ0v) is 24.7. The fourth-order valence-corrected chi connectivity index (χ4v) is 3.12. The van der Waals surface area contributed by atoms with Crippen molar-refractivity contribution >= 4 is 0 Å². The molecule has 3 rings (SSSR count). The van der Waals surface area contributed by atoms with E-state index in [2.05, 4.69) is 72.0 Å². The molecule has 2 aromatic rings. The largest absolute Gasteiger partial charge is 0.677 e. The number of aliphatic hydroxyl groups is 1. The first-order valence-electron chi connectivity index (χ1n) is 12.0. The van der Waals surface area contributed by atoms with Crippen molar-refractivity contribution in [3.05, 3.63) is 102 Å². The summed E-state index contributed by atoms with van der Waals surface area (Å²) in [4.78, 5) is 0. The molecule has 1 aliphatic rings. The maximum absolute atomic E-state index is 9.50. The fourth-order valence-electron chi connectivity index (χ4n) is 3.12. The Kier molecular flexibility index (Phi) is 19.9. The Hall–Kier alpha value is -1.06. The molecule has 3 unspecified atom stereocenters. The first kappa shape index (κ1) is 34.1. The topological polar surface area (TPSA) is 44.0 Å². The summed E-state index contributed by atoms with van der Waals surface area (Å²) in [6.45, 7) is 20.3. The molecule has 2 N–H and O–H groups in total. The van der Waals surface area contributed by atoms with Gasteiger partial charge < -0.3 is 10.8 Å². The van der Waals surface area contributed by atoms with E-state index in [1.165, 1.54) is 36.0 Å². The molecule has 0 spiro atoms. The number of benzene rings is 2. The van der Waals surface area contributed by atoms with Gasteiger partial charge in [0.25, 0.3) is 0 Å². The average molecular weight is 526 g/mol. The number of nitrogens with one attached hydrogen (secondary N) is 1. The summed E-state index contributed by atoms with van der Waals surface area (Å²) < 4.78 is 0. The van der Waals surface area contributed by atoms with Gasteiger partial charge in [-0.1, -0.05) is 114 Å². The van der Waals surface area contributed by atoms with Crippen molar-refractivity contribution in [3.8, 4) is 0 Å². The SMILES string of the molecule is C=CC1CC1(O)C(=C)C.CCC.CCCC.Cc1ccccc1C(C[NH-])c1ccccc1.[Y]. The third kappa shape index (κ3) is 12.3. The third-order valence-corrected chi connectivity index (χ3v) is 5.48. The fraction of sp³-hybridized carbons (Fsp3) is 0.467. The second-order valence-electron chi connectivity index (χ2n) is 8.48. The molecule has 3 heteroatoms. The van der Waals surface area contributed by atoms with Gasteiger partial charge in [0, 0.05) is 38.6 Å². The van der Waals surface area contributed by atoms with Gasteiger partial charge in [0.2, 0.25) is 0 Å². The predicted molar refractivity (Wildman–Crippen MR) is 143 cm³/mol. The van der Waals surface area contributed by atoms with Gasteiger partial charge in [-0.2, -0.15) is 0 Å². The van der Waals surface area contributed by atoms with Gasteiger partial charge in [-0.05, 0) is 48.4 Å². The van der Waals surface area contributed by atoms with E-state index in [0.717, 1.165) is 12.0 Å². The van der Waals surface area contributed by atoms with Crippen molar-refractivity contribution < 1.29 is 37.8 Å². The second-order valence-corrected chi connectivity index (χ2v) is 8.48. The van der Waals surface area contributed by atoms with Crippen LogP contribution in [0.5, 0.6) is 0 Å². The van der Waals surface area contributed by atoms with Crippen molar-refractivity contribution in [2.24, 2.45) is 5.92 Å². The van der Waals surface area contributed by atoms with Crippen LogP contribution < -0.4 is 0 Å². The van der Waals surface area contributed by atoms with E-state index in [1.54, 1.807) is 6.08 Å². The van der Waals surface area contributed by atoms with Gasteiger partial charge >= 0.3 is 0 Å². The predicted octanol–water partition coefficient (Wildman–Crippen LogP) is 8.90. The van der Waals surface area contributed by atoms with E-state index in [1.807, 2.05) is 37.3 Å². The molecule has 2 aromatic carbocycles. The van der Waals surface area contributed by atoms with Gasteiger partial charge in [-0.25, -0.2) is 0 Å². The molecule has 0 bridgehead atoms. The maximum atomic E-state index is 9.50. The van der Waals surface area contributed by atoms with Crippen LogP contribution >= 0.6 is 0 Å². The van der Waals surface area contributed by atoms with Crippen molar-refractivity contribution in [3.63, 3.8) is 0 Å². The molecular weight excluding hydrogens is 479 g/mol. The standard InChI is InChI=1S/C15H16N.C8H12O.C4H10.C3H8.Y/c1-12-7-5-6-10-14(12)15(11-16)13-8-3-2-4-9-13;1-4-7-5-8(7,9)6(2)3;1-3-4-2;1-3-2;/h2-10,15-16H,11H2,1H3;4,7,9H,1-2,5H2,3H3;3-4H2,1-2H3;3H2,1-2H3;/q-1;;;;. The van der Waals surface area contributed by atoms with Crippen LogP contribution in [0.4, 0.5) is 0 Å². The third-order valence-electron chi connectivity index (χ3n) is 5.48. The minimum absolute atomic E-state index is 0. The average Bonchev–Trinajstić information content (AvgIpc) is 3.50. The van der Waals surface area contributed by atoms with Crippen molar-refractivity contribution in [2.75, 3.05) is 6.54 Å². The molecule has 0 amide bonds. The number of aryl methyl sites for hydroxylation is 1. The molecule has 0 saturated heterocycles. The Morgan fingerprint density at radius 2 is 1.55 bits per heavy atom. The second kappa shape index (κ2) is 19.3. The molecular formula is C30H46NOY-. The Bertz CT molecular complexity index is 772. The summed E-state index contributed by atoms with van der Waals surface area (Å²) in [5, 5.41) is 9.50. The molecule has 3 atom stereocenters. The minimum atomic E-state index is -0.595. The zero-order chi connectivity index (χ0) is 24.6. The molecule has 0 aromatic heterocycles. The number of rotatable bonds is 6. The molecule has 1 saturated carbocycles. The van der Waals surface area contributed by atoms with Gasteiger partial charge in [0.1, 0.15) is 0 Å². The zero-order valence-electron chi connectivity index (χ0n) is 21.9. The van der Waals surface area contributed by atoms with Crippen LogP contribution in [0.15, 0.2) is 79.4 Å². The van der Waals surface area contributed by atoms with Crippen LogP contribution in [0.1, 0.15) is 82.9 Å². The number of hydrogen-bond donors (Lipinski definition) is 1. The van der Waals surface area contributed by atoms with Crippen molar-refractivity contribution in [1.82, 2.24) is 0 Å². The van der Waals surface area contributed by atoms with Crippen LogP contribution in [0.3, 0.4) is 0 Å². The summed E-state index contributed by atoms with van der Waals surface area (Å²) in [5.74, 6) is 0.456. The summed E-state index contributed by atoms with van der Waals surface area (Å²) in [7, 11) is 0. The van der Waals surface area contributed by atoms with E-state index in [4.69, 9.17) is 5.73 Å². The first-order valence-corrected chi connectivity index (χ1v) is 12.0. The molecule has 1 aliphatic carbocycles. The first-order chi connectivity index (χ1) is 15.3. The molecule has 33 heavy (non-hydrogen) atoms. The minimum Gasteiger partial charge on any atom is -0.677 e. The van der Waals surface area contributed by atoms with Gasteiger partial charge in [-0.15, -0.1) is 13.1 Å². The van der Waals surface area contributed by atoms with Crippen LogP contribution in [-0.4, -0.2) is 17.3 Å². The van der Waals surface area contributed by atoms with Crippen LogP contribution in [-0.2, 0) is 32.7 Å². The molecule has 181 valence electrons. The Morgan fingerprint density at radius 1 is 1.06 bits per heavy atom. The maximum Gasteiger partial charge on any atom is 0.0921 e. The summed E-state index contributed by atoms with van der Waals surface area (Å²) >= 11 is 0. The number of hydrogen-bond acceptors (Lipinski definition) is 1. The number of unbranched alkanes of at least 4 members (excludes halogenated alkanes) is 1. The van der Waals surface area contributed by atoms with Gasteiger partial charge in [0.05, 0.1) is 5.60 Å². The molecule has 0 heterocycles. The summed E-state index contributed by atoms with van der Waals surface area (Å²) in [6.07, 6.45) is 6.49. The Morgan fingerprint density at radius 3 is 1.88 bits per heavy atom. The summed E-state index contributed by atoms with van der Waals surface area (Å²) in [5.41, 5.74) is 11.8. The smallest absolute Gasteiger partial charge is 0.0921 e. The quantitative estimate of drug-likeness (QED) is 0.376. The van der Waals surface area contributed by atoms with E-state index in [0.29, 0.717) is 6.54 Å². The van der Waals surface area contributed by atoms with Crippen LogP contribution in [0.2, 0.25) is 0 Å². The van der Waals surface area contributed by atoms with E-state index in [-0.39, 0.29) is 44.5 Å². The van der Waals surface area contributed by atoms with Gasteiger partial charge in [0.15, 0.2) is 0 Å². The summed E-state index contributed by atoms with van der Waals surface area (Å²) in [6, 6.07) is 18.6. The molecule has 0 aliphatic heterocycles. The van der Waals surface area contributed by atoms with Crippen molar-refractivity contribution in [1.29, 1.82) is 0 Å². The molecule has 2 nitrogen and oxygen atoms in total. The van der Waals surface area contributed by atoms with E-state index in [9.17, 15) is 5.11 Å². The van der Waals surface area contributed by atoms with E-state index < -0.39 is 5.60 Å².